The maximum absolute atomic E-state index is 11.9. The first-order valence-corrected chi connectivity index (χ1v) is 3.67. The second-order valence-electron chi connectivity index (χ2n) is 1.88. The number of hydrogen-bond acceptors (Lipinski definition) is 2. The van der Waals surface area contributed by atoms with Crippen molar-refractivity contribution in [2.24, 2.45) is 5.73 Å². The predicted molar refractivity (Wildman–Crippen MR) is 44.5 cm³/mol. The third-order valence-electron chi connectivity index (χ3n) is 1.14. The van der Waals surface area contributed by atoms with Gasteiger partial charge in [-0.15, -0.1) is 23.7 Å². The lowest BCUT2D eigenvalue weighted by molar-refractivity contribution is 0.118. The van der Waals surface area contributed by atoms with Gasteiger partial charge >= 0.3 is 0 Å². The van der Waals surface area contributed by atoms with Crippen LogP contribution in [0.3, 0.4) is 0 Å². The summed E-state index contributed by atoms with van der Waals surface area (Å²) in [4.78, 5) is 0.537. The van der Waals surface area contributed by atoms with E-state index in [0.29, 0.717) is 4.88 Å². The van der Waals surface area contributed by atoms with Crippen molar-refractivity contribution < 1.29 is 8.78 Å². The van der Waals surface area contributed by atoms with E-state index >= 15 is 0 Å². The first kappa shape index (κ1) is 10.8. The summed E-state index contributed by atoms with van der Waals surface area (Å²) in [6.45, 7) is 0. The molecule has 11 heavy (non-hydrogen) atoms. The van der Waals surface area contributed by atoms with Gasteiger partial charge in [0.25, 0.3) is 6.43 Å². The number of hydrogen-bond donors (Lipinski definition) is 1. The highest BCUT2D eigenvalue weighted by molar-refractivity contribution is 7.10. The van der Waals surface area contributed by atoms with Gasteiger partial charge < -0.3 is 5.73 Å². The van der Waals surface area contributed by atoms with Crippen molar-refractivity contribution in [2.75, 3.05) is 0 Å². The highest BCUT2D eigenvalue weighted by atomic mass is 35.5. The van der Waals surface area contributed by atoms with Gasteiger partial charge in [0.1, 0.15) is 6.04 Å². The van der Waals surface area contributed by atoms with Gasteiger partial charge in [-0.25, -0.2) is 8.78 Å². The van der Waals surface area contributed by atoms with Gasteiger partial charge in [0.2, 0.25) is 0 Å². The molecule has 1 nitrogen and oxygen atoms in total. The van der Waals surface area contributed by atoms with E-state index in [1.54, 1.807) is 17.5 Å². The lowest BCUT2D eigenvalue weighted by atomic mass is 10.3. The Hall–Kier alpha value is -0.190. The third-order valence-corrected chi connectivity index (χ3v) is 2.12. The summed E-state index contributed by atoms with van der Waals surface area (Å²) in [5.74, 6) is 0. The van der Waals surface area contributed by atoms with Gasteiger partial charge in [0.05, 0.1) is 0 Å². The van der Waals surface area contributed by atoms with Crippen LogP contribution in [0.15, 0.2) is 17.5 Å². The SMILES string of the molecule is Cl.N[C@H](c1cccs1)C(F)F. The van der Waals surface area contributed by atoms with E-state index in [4.69, 9.17) is 5.73 Å². The molecule has 0 amide bonds. The van der Waals surface area contributed by atoms with E-state index in [-0.39, 0.29) is 12.4 Å². The number of rotatable bonds is 2. The second-order valence-corrected chi connectivity index (χ2v) is 2.85. The highest BCUT2D eigenvalue weighted by Gasteiger charge is 2.17. The summed E-state index contributed by atoms with van der Waals surface area (Å²) >= 11 is 1.25. The minimum absolute atomic E-state index is 0. The summed E-state index contributed by atoms with van der Waals surface area (Å²) < 4.78 is 23.7. The largest absolute Gasteiger partial charge is 0.319 e. The normalized spacial score (nSPS) is 12.7. The van der Waals surface area contributed by atoms with Gasteiger partial charge in [0.15, 0.2) is 0 Å². The molecule has 0 fully saturated rings. The smallest absolute Gasteiger partial charge is 0.258 e. The Bertz CT molecular complexity index is 190. The molecular formula is C6H8ClF2NS. The van der Waals surface area contributed by atoms with E-state index in [0.717, 1.165) is 0 Å². The molecule has 5 heteroatoms. The molecular weight excluding hydrogens is 192 g/mol. The molecule has 0 aliphatic carbocycles. The molecule has 0 radical (unpaired) electrons. The van der Waals surface area contributed by atoms with Gasteiger partial charge in [-0.05, 0) is 11.4 Å². The molecule has 1 heterocycles. The molecule has 0 aliphatic heterocycles. The molecule has 0 unspecified atom stereocenters. The molecule has 0 saturated heterocycles. The third kappa shape index (κ3) is 2.73. The zero-order chi connectivity index (χ0) is 7.56. The Balaban J connectivity index is 0.000001000. The first-order chi connectivity index (χ1) is 4.72. The van der Waals surface area contributed by atoms with Crippen LogP contribution in [-0.4, -0.2) is 6.43 Å². The van der Waals surface area contributed by atoms with E-state index in [1.807, 2.05) is 0 Å². The number of alkyl halides is 2. The van der Waals surface area contributed by atoms with Crippen LogP contribution in [-0.2, 0) is 0 Å². The molecule has 1 aromatic heterocycles. The zero-order valence-corrected chi connectivity index (χ0v) is 7.17. The van der Waals surface area contributed by atoms with Gasteiger partial charge in [-0.1, -0.05) is 6.07 Å². The topological polar surface area (TPSA) is 26.0 Å². The molecule has 64 valence electrons. The average Bonchev–Trinajstić information content (AvgIpc) is 2.36. The zero-order valence-electron chi connectivity index (χ0n) is 5.54. The maximum Gasteiger partial charge on any atom is 0.258 e. The molecule has 0 aromatic carbocycles. The second kappa shape index (κ2) is 4.64. The fourth-order valence-electron chi connectivity index (χ4n) is 0.605. The van der Waals surface area contributed by atoms with E-state index in [9.17, 15) is 8.78 Å². The van der Waals surface area contributed by atoms with Crippen molar-refractivity contribution in [3.05, 3.63) is 22.4 Å². The standard InChI is InChI=1S/C6H7F2NS.ClH/c7-6(8)5(9)4-2-1-3-10-4;/h1-3,5-6H,9H2;1H/t5-;/m1./s1. The Morgan fingerprint density at radius 1 is 1.45 bits per heavy atom. The summed E-state index contributed by atoms with van der Waals surface area (Å²) in [5.41, 5.74) is 5.14. The molecule has 1 aromatic rings. The quantitative estimate of drug-likeness (QED) is 0.778. The summed E-state index contributed by atoms with van der Waals surface area (Å²) in [6.07, 6.45) is -2.46. The average molecular weight is 200 g/mol. The van der Waals surface area contributed by atoms with Crippen LogP contribution in [0.25, 0.3) is 0 Å². The van der Waals surface area contributed by atoms with E-state index in [2.05, 4.69) is 0 Å². The Labute approximate surface area is 73.6 Å². The van der Waals surface area contributed by atoms with Crippen LogP contribution >= 0.6 is 23.7 Å². The highest BCUT2D eigenvalue weighted by Crippen LogP contribution is 2.21. The molecule has 0 saturated carbocycles. The van der Waals surface area contributed by atoms with Crippen LogP contribution in [0, 0.1) is 0 Å². The number of thiophene rings is 1. The van der Waals surface area contributed by atoms with Crippen molar-refractivity contribution in [1.29, 1.82) is 0 Å². The minimum atomic E-state index is -2.46. The Morgan fingerprint density at radius 2 is 2.09 bits per heavy atom. The van der Waals surface area contributed by atoms with E-state index in [1.165, 1.54) is 11.3 Å². The lowest BCUT2D eigenvalue weighted by Crippen LogP contribution is -2.17. The van der Waals surface area contributed by atoms with Crippen molar-refractivity contribution in [2.45, 2.75) is 12.5 Å². The van der Waals surface area contributed by atoms with E-state index < -0.39 is 12.5 Å². The summed E-state index contributed by atoms with van der Waals surface area (Å²) in [5, 5.41) is 1.73. The monoisotopic (exact) mass is 199 g/mol. The lowest BCUT2D eigenvalue weighted by Gasteiger charge is -2.05. The summed E-state index contributed by atoms with van der Waals surface area (Å²) in [6, 6.07) is 2.21. The molecule has 0 bridgehead atoms. The van der Waals surface area contributed by atoms with Crippen LogP contribution in [0.4, 0.5) is 8.78 Å². The molecule has 1 atom stereocenters. The maximum atomic E-state index is 11.9. The van der Waals surface area contributed by atoms with Crippen molar-refractivity contribution >= 4 is 23.7 Å². The molecule has 0 spiro atoms. The molecule has 1 rings (SSSR count). The number of halogens is 3. The van der Waals surface area contributed by atoms with Crippen molar-refractivity contribution in [1.82, 2.24) is 0 Å². The first-order valence-electron chi connectivity index (χ1n) is 2.79. The van der Waals surface area contributed by atoms with Gasteiger partial charge in [-0.3, -0.25) is 0 Å². The Kier molecular flexibility index (Phi) is 4.56. The summed E-state index contributed by atoms with van der Waals surface area (Å²) in [7, 11) is 0. The number of nitrogens with two attached hydrogens (primary N) is 1. The molecule has 2 N–H and O–H groups in total. The van der Waals surface area contributed by atoms with Crippen molar-refractivity contribution in [3.8, 4) is 0 Å². The minimum Gasteiger partial charge on any atom is -0.319 e. The predicted octanol–water partition coefficient (Wildman–Crippen LogP) is 2.43. The van der Waals surface area contributed by atoms with Gasteiger partial charge in [-0.2, -0.15) is 0 Å². The van der Waals surface area contributed by atoms with Crippen LogP contribution in [0.2, 0.25) is 0 Å². The van der Waals surface area contributed by atoms with Crippen LogP contribution in [0.1, 0.15) is 10.9 Å². The molecule has 0 aliphatic rings. The fourth-order valence-corrected chi connectivity index (χ4v) is 1.34. The van der Waals surface area contributed by atoms with Gasteiger partial charge in [0, 0.05) is 4.88 Å². The fraction of sp³-hybridized carbons (Fsp3) is 0.333. The van der Waals surface area contributed by atoms with Crippen LogP contribution in [0.5, 0.6) is 0 Å². The van der Waals surface area contributed by atoms with Crippen LogP contribution < -0.4 is 5.73 Å². The Morgan fingerprint density at radius 3 is 2.45 bits per heavy atom. The van der Waals surface area contributed by atoms with Crippen molar-refractivity contribution in [3.63, 3.8) is 0 Å².